The molecule has 9 rings (SSSR count). The fourth-order valence-corrected chi connectivity index (χ4v) is 6.94. The minimum atomic E-state index is 0.915. The van der Waals surface area contributed by atoms with Crippen molar-refractivity contribution in [1.82, 2.24) is 0 Å². The Labute approximate surface area is 249 Å². The lowest BCUT2D eigenvalue weighted by molar-refractivity contribution is 0.670. The Bertz CT molecular complexity index is 2420. The van der Waals surface area contributed by atoms with E-state index in [2.05, 4.69) is 152 Å². The highest BCUT2D eigenvalue weighted by Gasteiger charge is 2.22. The van der Waals surface area contributed by atoms with Crippen molar-refractivity contribution in [2.45, 2.75) is 0 Å². The fourth-order valence-electron chi connectivity index (χ4n) is 6.94. The monoisotopic (exact) mass is 546 g/mol. The number of rotatable bonds is 3. The Hall–Kier alpha value is -5.66. The lowest BCUT2D eigenvalue weighted by Crippen LogP contribution is -1.92. The molecule has 0 radical (unpaired) electrons. The van der Waals surface area contributed by atoms with Crippen LogP contribution >= 0.6 is 0 Å². The molecule has 0 spiro atoms. The summed E-state index contributed by atoms with van der Waals surface area (Å²) in [6, 6.07) is 56.7. The predicted molar refractivity (Wildman–Crippen MR) is 183 cm³/mol. The summed E-state index contributed by atoms with van der Waals surface area (Å²) in [5, 5.41) is 9.63. The molecule has 0 aliphatic carbocycles. The van der Waals surface area contributed by atoms with Gasteiger partial charge in [0.2, 0.25) is 0 Å². The van der Waals surface area contributed by atoms with Crippen LogP contribution in [0.3, 0.4) is 0 Å². The van der Waals surface area contributed by atoms with Crippen molar-refractivity contribution >= 4 is 54.3 Å². The number of hydrogen-bond donors (Lipinski definition) is 0. The summed E-state index contributed by atoms with van der Waals surface area (Å²) in [5.41, 5.74) is 9.15. The van der Waals surface area contributed by atoms with Gasteiger partial charge in [-0.1, -0.05) is 146 Å². The van der Waals surface area contributed by atoms with Crippen LogP contribution in [0.25, 0.3) is 87.6 Å². The smallest absolute Gasteiger partial charge is 0.143 e. The molecule has 0 saturated carbocycles. The van der Waals surface area contributed by atoms with Crippen molar-refractivity contribution in [3.63, 3.8) is 0 Å². The molecule has 1 aromatic heterocycles. The Morgan fingerprint density at radius 3 is 1.47 bits per heavy atom. The zero-order valence-electron chi connectivity index (χ0n) is 23.4. The largest absolute Gasteiger partial charge is 0.455 e. The maximum absolute atomic E-state index is 6.71. The zero-order valence-corrected chi connectivity index (χ0v) is 23.4. The van der Waals surface area contributed by atoms with Crippen LogP contribution in [0.5, 0.6) is 0 Å². The highest BCUT2D eigenvalue weighted by Crippen LogP contribution is 2.49. The third-order valence-corrected chi connectivity index (χ3v) is 8.85. The molecule has 0 N–H and O–H groups in total. The highest BCUT2D eigenvalue weighted by molar-refractivity contribution is 6.28. The number of benzene rings is 8. The molecule has 0 aliphatic heterocycles. The molecule has 0 amide bonds. The van der Waals surface area contributed by atoms with Crippen LogP contribution in [0.2, 0.25) is 0 Å². The van der Waals surface area contributed by atoms with E-state index in [1.54, 1.807) is 0 Å². The van der Waals surface area contributed by atoms with Crippen molar-refractivity contribution in [2.24, 2.45) is 0 Å². The third kappa shape index (κ3) is 3.65. The van der Waals surface area contributed by atoms with E-state index in [0.717, 1.165) is 27.5 Å². The quantitative estimate of drug-likeness (QED) is 0.201. The number of hydrogen-bond acceptors (Lipinski definition) is 1. The molecular formula is C42H26O. The van der Waals surface area contributed by atoms with Crippen molar-refractivity contribution in [3.8, 4) is 33.4 Å². The topological polar surface area (TPSA) is 13.1 Å². The van der Waals surface area contributed by atoms with Gasteiger partial charge in [-0.2, -0.15) is 0 Å². The third-order valence-electron chi connectivity index (χ3n) is 8.85. The van der Waals surface area contributed by atoms with Crippen LogP contribution in [-0.2, 0) is 0 Å². The maximum Gasteiger partial charge on any atom is 0.143 e. The van der Waals surface area contributed by atoms with E-state index < -0.39 is 0 Å². The molecule has 0 saturated heterocycles. The highest BCUT2D eigenvalue weighted by atomic mass is 16.3. The Kier molecular flexibility index (Phi) is 5.27. The van der Waals surface area contributed by atoms with Gasteiger partial charge in [-0.05, 0) is 66.7 Å². The van der Waals surface area contributed by atoms with Crippen molar-refractivity contribution < 1.29 is 4.42 Å². The summed E-state index contributed by atoms with van der Waals surface area (Å²) in [5.74, 6) is 0. The first-order valence-electron chi connectivity index (χ1n) is 14.8. The average Bonchev–Trinajstić information content (AvgIpc) is 3.45. The van der Waals surface area contributed by atoms with Gasteiger partial charge in [-0.3, -0.25) is 0 Å². The number of furan rings is 1. The second kappa shape index (κ2) is 9.44. The molecule has 0 bridgehead atoms. The van der Waals surface area contributed by atoms with Gasteiger partial charge in [0.05, 0.1) is 0 Å². The molecule has 1 nitrogen and oxygen atoms in total. The average molecular weight is 547 g/mol. The molecule has 43 heavy (non-hydrogen) atoms. The van der Waals surface area contributed by atoms with Crippen LogP contribution < -0.4 is 0 Å². The van der Waals surface area contributed by atoms with Gasteiger partial charge >= 0.3 is 0 Å². The van der Waals surface area contributed by atoms with Gasteiger partial charge in [0.25, 0.3) is 0 Å². The first kappa shape index (κ1) is 24.0. The van der Waals surface area contributed by atoms with E-state index in [4.69, 9.17) is 4.42 Å². The maximum atomic E-state index is 6.71. The van der Waals surface area contributed by atoms with Crippen molar-refractivity contribution in [2.75, 3.05) is 0 Å². The van der Waals surface area contributed by atoms with E-state index in [1.165, 1.54) is 60.1 Å². The second-order valence-electron chi connectivity index (χ2n) is 11.2. The van der Waals surface area contributed by atoms with Crippen LogP contribution in [-0.4, -0.2) is 0 Å². The molecule has 0 atom stereocenters. The standard InChI is InChI=1S/C42H26O/c1-2-12-27(13-3-1)28-22-24-29(25-23-28)39-33-17-6-8-19-35(33)40(36-20-9-7-18-34(36)39)41-31-15-5-4-14-30(31)26-37-32-16-10-11-21-38(32)43-42(37)41/h1-26H. The fraction of sp³-hybridized carbons (Fsp3) is 0. The first-order chi connectivity index (χ1) is 21.3. The van der Waals surface area contributed by atoms with E-state index in [9.17, 15) is 0 Å². The Morgan fingerprint density at radius 2 is 0.791 bits per heavy atom. The van der Waals surface area contributed by atoms with E-state index in [1.807, 2.05) is 6.07 Å². The molecule has 8 aromatic carbocycles. The molecule has 1 heteroatoms. The zero-order chi connectivity index (χ0) is 28.3. The number of para-hydroxylation sites is 1. The van der Waals surface area contributed by atoms with Gasteiger partial charge in [-0.25, -0.2) is 0 Å². The van der Waals surface area contributed by atoms with E-state index >= 15 is 0 Å². The molecule has 1 heterocycles. The van der Waals surface area contributed by atoms with E-state index in [-0.39, 0.29) is 0 Å². The van der Waals surface area contributed by atoms with Crippen LogP contribution in [0.15, 0.2) is 162 Å². The minimum Gasteiger partial charge on any atom is -0.455 e. The molecule has 9 aromatic rings. The van der Waals surface area contributed by atoms with Crippen molar-refractivity contribution in [3.05, 3.63) is 158 Å². The van der Waals surface area contributed by atoms with Crippen LogP contribution in [0.4, 0.5) is 0 Å². The summed E-state index contributed by atoms with van der Waals surface area (Å²) in [6.07, 6.45) is 0. The lowest BCUT2D eigenvalue weighted by atomic mass is 9.84. The molecule has 0 aliphatic rings. The normalized spacial score (nSPS) is 11.7. The molecule has 200 valence electrons. The summed E-state index contributed by atoms with van der Waals surface area (Å²) < 4.78 is 6.71. The molecule has 0 fully saturated rings. The molecular weight excluding hydrogens is 520 g/mol. The summed E-state index contributed by atoms with van der Waals surface area (Å²) >= 11 is 0. The van der Waals surface area contributed by atoms with Gasteiger partial charge in [0, 0.05) is 21.9 Å². The Balaban J connectivity index is 1.41. The SMILES string of the molecule is c1ccc(-c2ccc(-c3c4ccccc4c(-c4c5ccccc5cc5c4oc4ccccc45)c4ccccc34)cc2)cc1. The van der Waals surface area contributed by atoms with Gasteiger partial charge < -0.3 is 4.42 Å². The van der Waals surface area contributed by atoms with Crippen LogP contribution in [0, 0.1) is 0 Å². The summed E-state index contributed by atoms with van der Waals surface area (Å²) in [4.78, 5) is 0. The first-order valence-corrected chi connectivity index (χ1v) is 14.8. The van der Waals surface area contributed by atoms with Gasteiger partial charge in [-0.15, -0.1) is 0 Å². The van der Waals surface area contributed by atoms with Crippen LogP contribution in [0.1, 0.15) is 0 Å². The van der Waals surface area contributed by atoms with E-state index in [0.29, 0.717) is 0 Å². The Morgan fingerprint density at radius 1 is 0.302 bits per heavy atom. The lowest BCUT2D eigenvalue weighted by Gasteiger charge is -2.19. The predicted octanol–water partition coefficient (Wildman–Crippen LogP) is 12.0. The van der Waals surface area contributed by atoms with Crippen molar-refractivity contribution in [1.29, 1.82) is 0 Å². The summed E-state index contributed by atoms with van der Waals surface area (Å²) in [6.45, 7) is 0. The van der Waals surface area contributed by atoms with Gasteiger partial charge in [0.1, 0.15) is 11.2 Å². The molecule has 0 unspecified atom stereocenters. The summed E-state index contributed by atoms with van der Waals surface area (Å²) in [7, 11) is 0. The second-order valence-corrected chi connectivity index (χ2v) is 11.2. The minimum absolute atomic E-state index is 0.915. The van der Waals surface area contributed by atoms with Gasteiger partial charge in [0.15, 0.2) is 0 Å². The number of fused-ring (bicyclic) bond motifs is 6.